The van der Waals surface area contributed by atoms with E-state index in [1.807, 2.05) is 35.8 Å². The number of Topliss-reactive ketones (excluding diaryl/α,β-unsaturated/α-hetero) is 1. The summed E-state index contributed by atoms with van der Waals surface area (Å²) < 4.78 is 13.1. The summed E-state index contributed by atoms with van der Waals surface area (Å²) in [6, 6.07) is 12.4. The highest BCUT2D eigenvalue weighted by atomic mass is 35.5. The number of methoxy groups -OCH3 is 2. The minimum Gasteiger partial charge on any atom is -0.497 e. The smallest absolute Gasteiger partial charge is 0.296 e. The first-order valence-electron chi connectivity index (χ1n) is 9.68. The fraction of sp³-hybridized carbons (Fsp3) is 0.174. The van der Waals surface area contributed by atoms with Gasteiger partial charge < -0.3 is 19.4 Å². The van der Waals surface area contributed by atoms with Crippen molar-refractivity contribution in [2.24, 2.45) is 0 Å². The maximum absolute atomic E-state index is 13.3. The third-order valence-electron chi connectivity index (χ3n) is 5.11. The summed E-state index contributed by atoms with van der Waals surface area (Å²) >= 11 is 7.57. The van der Waals surface area contributed by atoms with Crippen LogP contribution < -0.4 is 14.8 Å². The highest BCUT2D eigenvalue weighted by Gasteiger charge is 2.26. The average Bonchev–Trinajstić information content (AvgIpc) is 3.33. The molecule has 7 nitrogen and oxygen atoms in total. The van der Waals surface area contributed by atoms with Crippen LogP contribution in [0.2, 0.25) is 4.34 Å². The lowest BCUT2D eigenvalue weighted by Crippen LogP contribution is -2.23. The molecule has 1 aromatic carbocycles. The van der Waals surface area contributed by atoms with E-state index < -0.39 is 11.7 Å². The van der Waals surface area contributed by atoms with Crippen molar-refractivity contribution in [1.82, 2.24) is 9.55 Å². The van der Waals surface area contributed by atoms with Crippen LogP contribution in [-0.2, 0) is 11.3 Å². The molecule has 0 saturated heterocycles. The van der Waals surface area contributed by atoms with Gasteiger partial charge in [0.1, 0.15) is 5.75 Å². The third kappa shape index (κ3) is 4.19. The first-order chi connectivity index (χ1) is 15.4. The zero-order valence-electron chi connectivity index (χ0n) is 17.6. The maximum Gasteiger partial charge on any atom is 0.296 e. The van der Waals surface area contributed by atoms with Crippen LogP contribution in [0.1, 0.15) is 20.9 Å². The van der Waals surface area contributed by atoms with Gasteiger partial charge in [0, 0.05) is 39.4 Å². The van der Waals surface area contributed by atoms with Gasteiger partial charge in [0.05, 0.1) is 30.7 Å². The molecule has 4 aromatic rings. The molecule has 9 heteroatoms. The van der Waals surface area contributed by atoms with Crippen LogP contribution in [0.3, 0.4) is 0 Å². The van der Waals surface area contributed by atoms with Crippen LogP contribution in [0.15, 0.2) is 48.7 Å². The number of amides is 1. The third-order valence-corrected chi connectivity index (χ3v) is 6.32. The number of hydrogen-bond acceptors (Lipinski definition) is 6. The minimum absolute atomic E-state index is 0.333. The Hall–Kier alpha value is -3.36. The molecule has 4 rings (SSSR count). The predicted octanol–water partition coefficient (Wildman–Crippen LogP) is 4.95. The van der Waals surface area contributed by atoms with E-state index in [0.29, 0.717) is 44.8 Å². The first kappa shape index (κ1) is 21.9. The highest BCUT2D eigenvalue weighted by Crippen LogP contribution is 2.32. The van der Waals surface area contributed by atoms with Crippen molar-refractivity contribution >= 4 is 51.2 Å². The van der Waals surface area contributed by atoms with Gasteiger partial charge >= 0.3 is 0 Å². The van der Waals surface area contributed by atoms with Crippen LogP contribution in [0.4, 0.5) is 5.69 Å². The standard InChI is InChI=1S/C23H20ClN3O4S/c1-13-21(22(28)23(29)26-14-8-9-25-20(10-14)31-3)17-11-15(30-2)4-6-18(17)27(13)12-16-5-7-19(24)32-16/h4-11H,12H2,1-3H3,(H,25,26,29). The molecule has 0 fully saturated rings. The number of benzene rings is 1. The molecule has 0 aliphatic carbocycles. The number of nitrogens with one attached hydrogen (secondary N) is 1. The lowest BCUT2D eigenvalue weighted by Gasteiger charge is -2.08. The van der Waals surface area contributed by atoms with E-state index in [1.54, 1.807) is 25.3 Å². The van der Waals surface area contributed by atoms with E-state index in [-0.39, 0.29) is 0 Å². The number of anilines is 1. The summed E-state index contributed by atoms with van der Waals surface area (Å²) in [6.07, 6.45) is 1.49. The quantitative estimate of drug-likeness (QED) is 0.306. The molecular formula is C23H20ClN3O4S. The molecule has 0 bridgehead atoms. The lowest BCUT2D eigenvalue weighted by atomic mass is 10.1. The summed E-state index contributed by atoms with van der Waals surface area (Å²) in [5.74, 6) is -0.452. The normalized spacial score (nSPS) is 10.9. The Labute approximate surface area is 193 Å². The molecule has 0 atom stereocenters. The Bertz CT molecular complexity index is 1330. The molecular weight excluding hydrogens is 450 g/mol. The predicted molar refractivity (Wildman–Crippen MR) is 125 cm³/mol. The molecule has 3 aromatic heterocycles. The van der Waals surface area contributed by atoms with Gasteiger partial charge in [-0.1, -0.05) is 11.6 Å². The van der Waals surface area contributed by atoms with Crippen LogP contribution >= 0.6 is 22.9 Å². The highest BCUT2D eigenvalue weighted by molar-refractivity contribution is 7.16. The summed E-state index contributed by atoms with van der Waals surface area (Å²) in [7, 11) is 3.04. The Kier molecular flexibility index (Phi) is 6.16. The molecule has 0 aliphatic rings. The number of ether oxygens (including phenoxy) is 2. The van der Waals surface area contributed by atoms with Gasteiger partial charge in [-0.2, -0.15) is 0 Å². The molecule has 32 heavy (non-hydrogen) atoms. The van der Waals surface area contributed by atoms with Gasteiger partial charge in [-0.3, -0.25) is 9.59 Å². The van der Waals surface area contributed by atoms with E-state index >= 15 is 0 Å². The molecule has 0 unspecified atom stereocenters. The van der Waals surface area contributed by atoms with Crippen LogP contribution in [0.25, 0.3) is 10.9 Å². The van der Waals surface area contributed by atoms with Crippen molar-refractivity contribution < 1.29 is 19.1 Å². The van der Waals surface area contributed by atoms with Crippen molar-refractivity contribution in [2.75, 3.05) is 19.5 Å². The van der Waals surface area contributed by atoms with Gasteiger partial charge in [-0.15, -0.1) is 11.3 Å². The van der Waals surface area contributed by atoms with Crippen molar-refractivity contribution in [2.45, 2.75) is 13.5 Å². The average molecular weight is 470 g/mol. The van der Waals surface area contributed by atoms with Gasteiger partial charge in [0.25, 0.3) is 11.7 Å². The molecule has 0 radical (unpaired) electrons. The van der Waals surface area contributed by atoms with E-state index in [0.717, 1.165) is 10.4 Å². The second-order valence-corrected chi connectivity index (χ2v) is 8.81. The molecule has 0 spiro atoms. The number of pyridine rings is 1. The number of carbonyl (C=O) groups excluding carboxylic acids is 2. The maximum atomic E-state index is 13.3. The molecule has 1 N–H and O–H groups in total. The number of halogens is 1. The van der Waals surface area contributed by atoms with Gasteiger partial charge in [-0.05, 0) is 43.3 Å². The van der Waals surface area contributed by atoms with Crippen LogP contribution in [0, 0.1) is 6.92 Å². The number of hydrogen-bond donors (Lipinski definition) is 1. The van der Waals surface area contributed by atoms with E-state index in [2.05, 4.69) is 10.3 Å². The second kappa shape index (κ2) is 9.02. The summed E-state index contributed by atoms with van der Waals surface area (Å²) in [4.78, 5) is 31.2. The Morgan fingerprint density at radius 2 is 1.94 bits per heavy atom. The number of aromatic nitrogens is 2. The second-order valence-electron chi connectivity index (χ2n) is 7.01. The number of carbonyl (C=O) groups is 2. The summed E-state index contributed by atoms with van der Waals surface area (Å²) in [6.45, 7) is 2.36. The monoisotopic (exact) mass is 469 g/mol. The molecule has 1 amide bonds. The first-order valence-corrected chi connectivity index (χ1v) is 10.9. The summed E-state index contributed by atoms with van der Waals surface area (Å²) in [5.41, 5.74) is 2.27. The van der Waals surface area contributed by atoms with Crippen molar-refractivity contribution in [3.8, 4) is 11.6 Å². The Morgan fingerprint density at radius 3 is 2.62 bits per heavy atom. The molecule has 3 heterocycles. The zero-order valence-corrected chi connectivity index (χ0v) is 19.2. The largest absolute Gasteiger partial charge is 0.497 e. The van der Waals surface area contributed by atoms with E-state index in [1.165, 1.54) is 24.6 Å². The van der Waals surface area contributed by atoms with Gasteiger partial charge in [0.2, 0.25) is 5.88 Å². The van der Waals surface area contributed by atoms with E-state index in [9.17, 15) is 9.59 Å². The summed E-state index contributed by atoms with van der Waals surface area (Å²) in [5, 5.41) is 3.28. The van der Waals surface area contributed by atoms with E-state index in [4.69, 9.17) is 21.1 Å². The molecule has 0 saturated carbocycles. The van der Waals surface area contributed by atoms with Gasteiger partial charge in [0.15, 0.2) is 0 Å². The Morgan fingerprint density at radius 1 is 1.12 bits per heavy atom. The zero-order chi connectivity index (χ0) is 22.8. The fourth-order valence-corrected chi connectivity index (χ4v) is 4.65. The lowest BCUT2D eigenvalue weighted by molar-refractivity contribution is -0.112. The Balaban J connectivity index is 1.75. The van der Waals surface area contributed by atoms with Crippen molar-refractivity contribution in [3.63, 3.8) is 0 Å². The van der Waals surface area contributed by atoms with Crippen molar-refractivity contribution in [1.29, 1.82) is 0 Å². The number of fused-ring (bicyclic) bond motifs is 1. The van der Waals surface area contributed by atoms with Crippen LogP contribution in [0.5, 0.6) is 11.6 Å². The molecule has 164 valence electrons. The number of ketones is 1. The minimum atomic E-state index is -0.748. The van der Waals surface area contributed by atoms with Crippen LogP contribution in [-0.4, -0.2) is 35.5 Å². The van der Waals surface area contributed by atoms with Gasteiger partial charge in [-0.25, -0.2) is 4.98 Å². The molecule has 0 aliphatic heterocycles. The number of thiophene rings is 1. The topological polar surface area (TPSA) is 82.5 Å². The SMILES string of the molecule is COc1ccc2c(c1)c(C(=O)C(=O)Nc1ccnc(OC)c1)c(C)n2Cc1ccc(Cl)s1. The number of nitrogens with zero attached hydrogens (tertiary/aromatic N) is 2. The number of rotatable bonds is 7. The van der Waals surface area contributed by atoms with Crippen molar-refractivity contribution in [3.05, 3.63) is 69.1 Å². The fourth-order valence-electron chi connectivity index (χ4n) is 3.57.